The first-order valence-corrected chi connectivity index (χ1v) is 8.41. The number of imidazole rings is 1. The van der Waals surface area contributed by atoms with Gasteiger partial charge in [0, 0.05) is 12.2 Å². The summed E-state index contributed by atoms with van der Waals surface area (Å²) in [6.07, 6.45) is 10.5. The Morgan fingerprint density at radius 3 is 2.55 bits per heavy atom. The van der Waals surface area contributed by atoms with Gasteiger partial charge in [0.2, 0.25) is 0 Å². The summed E-state index contributed by atoms with van der Waals surface area (Å²) in [6, 6.07) is 4.30. The summed E-state index contributed by atoms with van der Waals surface area (Å²) in [6.45, 7) is 3.95. The second-order valence-corrected chi connectivity index (χ2v) is 6.50. The van der Waals surface area contributed by atoms with E-state index < -0.39 is 0 Å². The lowest BCUT2D eigenvalue weighted by Gasteiger charge is -2.21. The zero-order valence-electron chi connectivity index (χ0n) is 13.6. The number of amides is 1. The highest BCUT2D eigenvalue weighted by Crippen LogP contribution is 2.19. The maximum Gasteiger partial charge on any atom is 0.270 e. The van der Waals surface area contributed by atoms with E-state index in [-0.39, 0.29) is 5.91 Å². The number of pyridine rings is 1. The molecule has 2 aromatic heterocycles. The van der Waals surface area contributed by atoms with Crippen LogP contribution in [0.3, 0.4) is 0 Å². The van der Waals surface area contributed by atoms with E-state index in [1.54, 1.807) is 0 Å². The number of aromatic nitrogens is 2. The maximum absolute atomic E-state index is 12.7. The molecule has 4 nitrogen and oxygen atoms in total. The van der Waals surface area contributed by atoms with Crippen LogP contribution in [-0.4, -0.2) is 21.3 Å². The third kappa shape index (κ3) is 3.16. The minimum Gasteiger partial charge on any atom is -0.348 e. The van der Waals surface area contributed by atoms with Gasteiger partial charge >= 0.3 is 0 Å². The van der Waals surface area contributed by atoms with E-state index in [4.69, 9.17) is 0 Å². The molecule has 0 bridgehead atoms. The van der Waals surface area contributed by atoms with Gasteiger partial charge in [-0.05, 0) is 38.3 Å². The number of carbonyl (C=O) groups excluding carboxylic acids is 1. The molecule has 3 rings (SSSR count). The van der Waals surface area contributed by atoms with E-state index >= 15 is 0 Å². The molecule has 0 aliphatic heterocycles. The lowest BCUT2D eigenvalue weighted by Crippen LogP contribution is -2.36. The molecule has 0 unspecified atom stereocenters. The number of carbonyl (C=O) groups is 1. The van der Waals surface area contributed by atoms with Crippen molar-refractivity contribution in [3.63, 3.8) is 0 Å². The Kier molecular flexibility index (Phi) is 4.46. The molecule has 2 aromatic rings. The number of aryl methyl sites for hydroxylation is 2. The predicted molar refractivity (Wildman–Crippen MR) is 88.2 cm³/mol. The van der Waals surface area contributed by atoms with Crippen LogP contribution in [0, 0.1) is 13.8 Å². The van der Waals surface area contributed by atoms with Gasteiger partial charge in [-0.3, -0.25) is 9.20 Å². The molecule has 2 heterocycles. The highest BCUT2D eigenvalue weighted by Gasteiger charge is 2.20. The minimum atomic E-state index is 0.0150. The van der Waals surface area contributed by atoms with Crippen LogP contribution in [0.15, 0.2) is 18.3 Å². The molecule has 0 spiro atoms. The molecule has 118 valence electrons. The SMILES string of the molecule is Cc1ccc2nc(C)c(C(=O)NC3CCCCCCC3)n2c1. The molecular formula is C18H25N3O. The first-order chi connectivity index (χ1) is 10.6. The second-order valence-electron chi connectivity index (χ2n) is 6.50. The fourth-order valence-electron chi connectivity index (χ4n) is 3.40. The third-order valence-corrected chi connectivity index (χ3v) is 4.60. The molecule has 0 saturated heterocycles. The average molecular weight is 299 g/mol. The van der Waals surface area contributed by atoms with Crippen molar-refractivity contribution in [2.24, 2.45) is 0 Å². The van der Waals surface area contributed by atoms with Gasteiger partial charge in [0.15, 0.2) is 0 Å². The Bertz CT molecular complexity index is 666. The molecule has 0 aromatic carbocycles. The van der Waals surface area contributed by atoms with Gasteiger partial charge in [0.05, 0.1) is 5.69 Å². The fraction of sp³-hybridized carbons (Fsp3) is 0.556. The first-order valence-electron chi connectivity index (χ1n) is 8.41. The van der Waals surface area contributed by atoms with Gasteiger partial charge in [-0.25, -0.2) is 4.98 Å². The zero-order valence-corrected chi connectivity index (χ0v) is 13.6. The standard InChI is InChI=1S/C18H25N3O/c1-13-10-11-16-19-14(2)17(21(16)12-13)18(22)20-15-8-6-4-3-5-7-9-15/h10-12,15H,3-9H2,1-2H3,(H,20,22). The summed E-state index contributed by atoms with van der Waals surface area (Å²) in [7, 11) is 0. The highest BCUT2D eigenvalue weighted by atomic mass is 16.2. The molecule has 22 heavy (non-hydrogen) atoms. The Balaban J connectivity index is 1.82. The number of nitrogens with zero attached hydrogens (tertiary/aromatic N) is 2. The molecule has 1 amide bonds. The van der Waals surface area contributed by atoms with Crippen molar-refractivity contribution in [1.82, 2.24) is 14.7 Å². The van der Waals surface area contributed by atoms with Crippen molar-refractivity contribution in [1.29, 1.82) is 0 Å². The van der Waals surface area contributed by atoms with Gasteiger partial charge in [-0.1, -0.05) is 38.2 Å². The van der Waals surface area contributed by atoms with Crippen LogP contribution >= 0.6 is 0 Å². The van der Waals surface area contributed by atoms with Crippen molar-refractivity contribution in [3.8, 4) is 0 Å². The minimum absolute atomic E-state index is 0.0150. The van der Waals surface area contributed by atoms with Crippen LogP contribution in [0.2, 0.25) is 0 Å². The lowest BCUT2D eigenvalue weighted by molar-refractivity contribution is 0.0924. The molecular weight excluding hydrogens is 274 g/mol. The van der Waals surface area contributed by atoms with Gasteiger partial charge < -0.3 is 5.32 Å². The van der Waals surface area contributed by atoms with Crippen molar-refractivity contribution in [3.05, 3.63) is 35.3 Å². The quantitative estimate of drug-likeness (QED) is 0.917. The number of hydrogen-bond acceptors (Lipinski definition) is 2. The number of nitrogens with one attached hydrogen (secondary N) is 1. The number of fused-ring (bicyclic) bond motifs is 1. The summed E-state index contributed by atoms with van der Waals surface area (Å²) in [5, 5.41) is 3.24. The van der Waals surface area contributed by atoms with Gasteiger partial charge in [0.1, 0.15) is 11.3 Å². The topological polar surface area (TPSA) is 46.4 Å². The molecule has 1 saturated carbocycles. The lowest BCUT2D eigenvalue weighted by atomic mass is 9.96. The van der Waals surface area contributed by atoms with Crippen LogP contribution in [-0.2, 0) is 0 Å². The van der Waals surface area contributed by atoms with Crippen LogP contribution < -0.4 is 5.32 Å². The van der Waals surface area contributed by atoms with E-state index in [1.165, 1.54) is 32.1 Å². The Morgan fingerprint density at radius 1 is 1.14 bits per heavy atom. The van der Waals surface area contributed by atoms with Crippen LogP contribution in [0.5, 0.6) is 0 Å². The van der Waals surface area contributed by atoms with E-state index in [1.807, 2.05) is 36.6 Å². The summed E-state index contributed by atoms with van der Waals surface area (Å²) in [4.78, 5) is 17.3. The van der Waals surface area contributed by atoms with Crippen LogP contribution in [0.25, 0.3) is 5.65 Å². The van der Waals surface area contributed by atoms with Gasteiger partial charge in [-0.15, -0.1) is 0 Å². The predicted octanol–water partition coefficient (Wildman–Crippen LogP) is 3.79. The monoisotopic (exact) mass is 299 g/mol. The van der Waals surface area contributed by atoms with Gasteiger partial charge in [0.25, 0.3) is 5.91 Å². The molecule has 4 heteroatoms. The fourth-order valence-corrected chi connectivity index (χ4v) is 3.40. The maximum atomic E-state index is 12.7. The number of hydrogen-bond donors (Lipinski definition) is 1. The summed E-state index contributed by atoms with van der Waals surface area (Å²) >= 11 is 0. The number of rotatable bonds is 2. The Hall–Kier alpha value is -1.84. The van der Waals surface area contributed by atoms with E-state index in [0.717, 1.165) is 29.7 Å². The zero-order chi connectivity index (χ0) is 15.5. The molecule has 0 radical (unpaired) electrons. The molecule has 0 atom stereocenters. The van der Waals surface area contributed by atoms with Crippen LogP contribution in [0.4, 0.5) is 0 Å². The molecule has 1 aliphatic carbocycles. The van der Waals surface area contributed by atoms with Crippen molar-refractivity contribution in [2.45, 2.75) is 64.8 Å². The van der Waals surface area contributed by atoms with Gasteiger partial charge in [-0.2, -0.15) is 0 Å². The molecule has 1 N–H and O–H groups in total. The molecule has 1 aliphatic rings. The average Bonchev–Trinajstić information content (AvgIpc) is 2.77. The van der Waals surface area contributed by atoms with E-state index in [9.17, 15) is 4.79 Å². The van der Waals surface area contributed by atoms with Crippen molar-refractivity contribution >= 4 is 11.6 Å². The van der Waals surface area contributed by atoms with Crippen molar-refractivity contribution in [2.75, 3.05) is 0 Å². The third-order valence-electron chi connectivity index (χ3n) is 4.60. The summed E-state index contributed by atoms with van der Waals surface area (Å²) < 4.78 is 1.92. The van der Waals surface area contributed by atoms with E-state index in [2.05, 4.69) is 10.3 Å². The summed E-state index contributed by atoms with van der Waals surface area (Å²) in [5.74, 6) is 0.0150. The smallest absolute Gasteiger partial charge is 0.270 e. The second kappa shape index (κ2) is 6.51. The normalized spacial score (nSPS) is 17.2. The van der Waals surface area contributed by atoms with Crippen LogP contribution in [0.1, 0.15) is 66.7 Å². The first kappa shape index (κ1) is 15.1. The Morgan fingerprint density at radius 2 is 1.82 bits per heavy atom. The van der Waals surface area contributed by atoms with Crippen molar-refractivity contribution < 1.29 is 4.79 Å². The highest BCUT2D eigenvalue weighted by molar-refractivity contribution is 5.94. The van der Waals surface area contributed by atoms with E-state index in [0.29, 0.717) is 11.7 Å². The Labute approximate surface area is 131 Å². The largest absolute Gasteiger partial charge is 0.348 e. The molecule has 1 fully saturated rings. The summed E-state index contributed by atoms with van der Waals surface area (Å²) in [5.41, 5.74) is 3.45.